The van der Waals surface area contributed by atoms with Crippen LogP contribution >= 0.6 is 11.6 Å². The minimum Gasteiger partial charge on any atom is -0.477 e. The summed E-state index contributed by atoms with van der Waals surface area (Å²) in [4.78, 5) is 26.9. The number of aromatic nitrogens is 2. The fourth-order valence-corrected chi connectivity index (χ4v) is 4.11. The maximum atomic E-state index is 13.5. The molecule has 2 amide bonds. The van der Waals surface area contributed by atoms with Crippen molar-refractivity contribution < 1.29 is 14.3 Å². The van der Waals surface area contributed by atoms with Crippen LogP contribution in [0, 0.1) is 0 Å². The minimum atomic E-state index is -0.915. The predicted molar refractivity (Wildman–Crippen MR) is 130 cm³/mol. The molecule has 1 atom stereocenters. The number of benzene rings is 3. The number of anilines is 1. The molecule has 8 heteroatoms. The number of nitrogens with zero attached hydrogens (tertiary/aromatic N) is 3. The van der Waals surface area contributed by atoms with E-state index in [4.69, 9.17) is 27.2 Å². The van der Waals surface area contributed by atoms with E-state index in [0.29, 0.717) is 22.2 Å². The molecule has 4 aromatic rings. The second kappa shape index (κ2) is 9.03. The standard InChI is InChI=1S/C26H21ClN4O3/c27-19-12-10-17(11-13-19)25-18(15-31(29-25)20-6-2-1-3-7-20)14-24(32)30-16-23(26(28)33)34-22-9-5-4-8-21(22)30/h1-13,15,23H,14,16H2,(H2,28,33)/t23-/m1/s1. The Morgan fingerprint density at radius 3 is 2.44 bits per heavy atom. The number of nitrogens with two attached hydrogens (primary N) is 1. The molecule has 1 aromatic heterocycles. The largest absolute Gasteiger partial charge is 0.477 e. The molecule has 0 bridgehead atoms. The molecular formula is C26H21ClN4O3. The highest BCUT2D eigenvalue weighted by Gasteiger charge is 2.33. The molecule has 0 spiro atoms. The van der Waals surface area contributed by atoms with Gasteiger partial charge in [0.2, 0.25) is 5.91 Å². The Labute approximate surface area is 201 Å². The molecule has 0 saturated carbocycles. The summed E-state index contributed by atoms with van der Waals surface area (Å²) in [6.45, 7) is 0.0499. The number of rotatable bonds is 5. The summed E-state index contributed by atoms with van der Waals surface area (Å²) in [6.07, 6.45) is 1.02. The summed E-state index contributed by atoms with van der Waals surface area (Å²) in [5.74, 6) is -0.361. The third kappa shape index (κ3) is 4.25. The summed E-state index contributed by atoms with van der Waals surface area (Å²) in [5.41, 5.74) is 9.25. The van der Waals surface area contributed by atoms with Crippen molar-refractivity contribution in [2.24, 2.45) is 5.73 Å². The Morgan fingerprint density at radius 2 is 1.71 bits per heavy atom. The number of para-hydroxylation sites is 3. The van der Waals surface area contributed by atoms with E-state index in [0.717, 1.165) is 16.8 Å². The number of hydrogen-bond acceptors (Lipinski definition) is 4. The van der Waals surface area contributed by atoms with E-state index in [2.05, 4.69) is 0 Å². The summed E-state index contributed by atoms with van der Waals surface area (Å²) >= 11 is 6.08. The van der Waals surface area contributed by atoms with Crippen molar-refractivity contribution in [3.05, 3.63) is 95.6 Å². The van der Waals surface area contributed by atoms with Gasteiger partial charge in [-0.2, -0.15) is 5.10 Å². The van der Waals surface area contributed by atoms with Crippen molar-refractivity contribution in [3.63, 3.8) is 0 Å². The third-order valence-electron chi connectivity index (χ3n) is 5.66. The Kier molecular flexibility index (Phi) is 5.77. The zero-order valence-electron chi connectivity index (χ0n) is 18.1. The molecule has 3 aromatic carbocycles. The number of fused-ring (bicyclic) bond motifs is 1. The van der Waals surface area contributed by atoms with Gasteiger partial charge < -0.3 is 15.4 Å². The van der Waals surface area contributed by atoms with Gasteiger partial charge in [0, 0.05) is 22.3 Å². The highest BCUT2D eigenvalue weighted by molar-refractivity contribution is 6.30. The van der Waals surface area contributed by atoms with Gasteiger partial charge >= 0.3 is 0 Å². The number of carbonyl (C=O) groups excluding carboxylic acids is 2. The van der Waals surface area contributed by atoms with Gasteiger partial charge in [-0.15, -0.1) is 0 Å². The number of halogens is 1. The topological polar surface area (TPSA) is 90.5 Å². The number of ether oxygens (including phenoxy) is 1. The number of primary amides is 1. The highest BCUT2D eigenvalue weighted by atomic mass is 35.5. The first-order valence-corrected chi connectivity index (χ1v) is 11.1. The van der Waals surface area contributed by atoms with Crippen LogP contribution in [0.5, 0.6) is 5.75 Å². The molecule has 2 heterocycles. The first kappa shape index (κ1) is 21.7. The van der Waals surface area contributed by atoms with Crippen LogP contribution in [-0.4, -0.2) is 34.2 Å². The molecular weight excluding hydrogens is 452 g/mol. The van der Waals surface area contributed by atoms with Gasteiger partial charge in [0.1, 0.15) is 5.75 Å². The summed E-state index contributed by atoms with van der Waals surface area (Å²) in [5, 5.41) is 5.39. The monoisotopic (exact) mass is 472 g/mol. The Hall–Kier alpha value is -4.10. The molecule has 0 aliphatic carbocycles. The quantitative estimate of drug-likeness (QED) is 0.475. The fourth-order valence-electron chi connectivity index (χ4n) is 3.98. The molecule has 170 valence electrons. The van der Waals surface area contributed by atoms with E-state index >= 15 is 0 Å². The lowest BCUT2D eigenvalue weighted by Gasteiger charge is -2.33. The summed E-state index contributed by atoms with van der Waals surface area (Å²) in [6, 6.07) is 24.1. The van der Waals surface area contributed by atoms with Crippen LogP contribution < -0.4 is 15.4 Å². The maximum absolute atomic E-state index is 13.5. The molecule has 0 saturated heterocycles. The van der Waals surface area contributed by atoms with Gasteiger partial charge in [0.05, 0.1) is 30.0 Å². The average Bonchev–Trinajstić information content (AvgIpc) is 3.28. The number of carbonyl (C=O) groups is 2. The van der Waals surface area contributed by atoms with Crippen molar-refractivity contribution in [2.45, 2.75) is 12.5 Å². The van der Waals surface area contributed by atoms with Crippen molar-refractivity contribution >= 4 is 29.1 Å². The molecule has 0 fully saturated rings. The normalized spacial score (nSPS) is 14.9. The maximum Gasteiger partial charge on any atom is 0.260 e. The van der Waals surface area contributed by atoms with Crippen LogP contribution in [-0.2, 0) is 16.0 Å². The van der Waals surface area contributed by atoms with E-state index in [1.54, 1.807) is 39.9 Å². The van der Waals surface area contributed by atoms with Gasteiger partial charge in [-0.25, -0.2) is 4.68 Å². The molecule has 2 N–H and O–H groups in total. The molecule has 34 heavy (non-hydrogen) atoms. The molecule has 1 aliphatic rings. The second-order valence-corrected chi connectivity index (χ2v) is 8.38. The van der Waals surface area contributed by atoms with Gasteiger partial charge in [-0.3, -0.25) is 9.59 Å². The van der Waals surface area contributed by atoms with Gasteiger partial charge in [-0.05, 0) is 36.4 Å². The third-order valence-corrected chi connectivity index (χ3v) is 5.91. The van der Waals surface area contributed by atoms with Crippen molar-refractivity contribution in [3.8, 4) is 22.7 Å². The second-order valence-electron chi connectivity index (χ2n) is 7.95. The number of amides is 2. The predicted octanol–water partition coefficient (Wildman–Crippen LogP) is 4.01. The fraction of sp³-hybridized carbons (Fsp3) is 0.115. The Balaban J connectivity index is 1.52. The van der Waals surface area contributed by atoms with Crippen LogP contribution in [0.25, 0.3) is 16.9 Å². The van der Waals surface area contributed by atoms with Crippen molar-refractivity contribution in [1.82, 2.24) is 9.78 Å². The van der Waals surface area contributed by atoms with E-state index in [1.807, 2.05) is 54.7 Å². The van der Waals surface area contributed by atoms with E-state index in [9.17, 15) is 9.59 Å². The van der Waals surface area contributed by atoms with Crippen LogP contribution in [0.15, 0.2) is 85.1 Å². The lowest BCUT2D eigenvalue weighted by atomic mass is 10.0. The first-order chi connectivity index (χ1) is 16.5. The zero-order valence-corrected chi connectivity index (χ0v) is 18.9. The van der Waals surface area contributed by atoms with Crippen LogP contribution in [0.3, 0.4) is 0 Å². The molecule has 1 aliphatic heterocycles. The first-order valence-electron chi connectivity index (χ1n) is 10.7. The van der Waals surface area contributed by atoms with Crippen LogP contribution in [0.1, 0.15) is 5.56 Å². The molecule has 5 rings (SSSR count). The highest BCUT2D eigenvalue weighted by Crippen LogP contribution is 2.34. The van der Waals surface area contributed by atoms with Crippen LogP contribution in [0.4, 0.5) is 5.69 Å². The van der Waals surface area contributed by atoms with E-state index in [1.165, 1.54) is 0 Å². The molecule has 7 nitrogen and oxygen atoms in total. The summed E-state index contributed by atoms with van der Waals surface area (Å²) < 4.78 is 7.45. The zero-order chi connectivity index (χ0) is 23.7. The van der Waals surface area contributed by atoms with E-state index in [-0.39, 0.29) is 18.9 Å². The average molecular weight is 473 g/mol. The lowest BCUT2D eigenvalue weighted by molar-refractivity contribution is -0.125. The smallest absolute Gasteiger partial charge is 0.260 e. The number of hydrogen-bond donors (Lipinski definition) is 1. The molecule has 0 unspecified atom stereocenters. The Bertz CT molecular complexity index is 1350. The van der Waals surface area contributed by atoms with Crippen LogP contribution in [0.2, 0.25) is 5.02 Å². The lowest BCUT2D eigenvalue weighted by Crippen LogP contribution is -2.49. The van der Waals surface area contributed by atoms with Crippen molar-refractivity contribution in [1.29, 1.82) is 0 Å². The van der Waals surface area contributed by atoms with Gasteiger partial charge in [0.25, 0.3) is 5.91 Å². The van der Waals surface area contributed by atoms with Gasteiger partial charge in [-0.1, -0.05) is 54.1 Å². The molecule has 0 radical (unpaired) electrons. The van der Waals surface area contributed by atoms with Gasteiger partial charge in [0.15, 0.2) is 6.10 Å². The SMILES string of the molecule is NC(=O)[C@H]1CN(C(=O)Cc2cn(-c3ccccc3)nc2-c2ccc(Cl)cc2)c2ccccc2O1. The minimum absolute atomic E-state index is 0.0499. The summed E-state index contributed by atoms with van der Waals surface area (Å²) in [7, 11) is 0. The Morgan fingerprint density at radius 1 is 1.00 bits per heavy atom. The van der Waals surface area contributed by atoms with E-state index < -0.39 is 12.0 Å². The van der Waals surface area contributed by atoms with Crippen molar-refractivity contribution in [2.75, 3.05) is 11.4 Å².